The molecule has 6 heteroatoms. The maximum Gasteiger partial charge on any atom is 0.251 e. The summed E-state index contributed by atoms with van der Waals surface area (Å²) in [5, 5.41) is 4.80. The van der Waals surface area contributed by atoms with Gasteiger partial charge in [0.25, 0.3) is 5.91 Å². The highest BCUT2D eigenvalue weighted by atomic mass is 32.1. The van der Waals surface area contributed by atoms with Crippen molar-refractivity contribution in [1.82, 2.24) is 0 Å². The van der Waals surface area contributed by atoms with E-state index in [1.807, 2.05) is 0 Å². The van der Waals surface area contributed by atoms with Gasteiger partial charge in [0.15, 0.2) is 0 Å². The average molecular weight is 227 g/mol. The molecule has 1 unspecified atom stereocenters. The molecule has 0 aliphatic carbocycles. The fourth-order valence-corrected chi connectivity index (χ4v) is 1.74. The van der Waals surface area contributed by atoms with Crippen LogP contribution in [0.2, 0.25) is 0 Å². The Kier molecular flexibility index (Phi) is 3.81. The fraction of sp³-hybridized carbons (Fsp3) is 0.333. The minimum atomic E-state index is -0.549. The lowest BCUT2D eigenvalue weighted by Crippen LogP contribution is -2.27. The normalized spacial score (nSPS) is 12.1. The molecule has 5 N–H and O–H groups in total. The van der Waals surface area contributed by atoms with Crippen LogP contribution in [0.4, 0.5) is 5.00 Å². The zero-order valence-corrected chi connectivity index (χ0v) is 9.14. The molecule has 0 saturated heterocycles. The maximum absolute atomic E-state index is 11.5. The third kappa shape index (κ3) is 2.77. The molecule has 1 heterocycles. The van der Waals surface area contributed by atoms with Gasteiger partial charge in [0, 0.05) is 12.5 Å². The van der Waals surface area contributed by atoms with E-state index in [-0.39, 0.29) is 18.4 Å². The van der Waals surface area contributed by atoms with Gasteiger partial charge in [-0.25, -0.2) is 0 Å². The van der Waals surface area contributed by atoms with Crippen LogP contribution in [0.1, 0.15) is 17.3 Å². The molecule has 0 radical (unpaired) electrons. The van der Waals surface area contributed by atoms with Crippen molar-refractivity contribution >= 4 is 28.2 Å². The van der Waals surface area contributed by atoms with Gasteiger partial charge in [-0.2, -0.15) is 0 Å². The predicted octanol–water partition coefficient (Wildman–Crippen LogP) is 0.380. The van der Waals surface area contributed by atoms with Gasteiger partial charge in [-0.15, -0.1) is 11.3 Å². The summed E-state index contributed by atoms with van der Waals surface area (Å²) in [7, 11) is 0. The second kappa shape index (κ2) is 4.90. The summed E-state index contributed by atoms with van der Waals surface area (Å²) in [6.07, 6.45) is 0. The lowest BCUT2D eigenvalue weighted by atomic mass is 10.1. The van der Waals surface area contributed by atoms with Crippen molar-refractivity contribution < 1.29 is 9.59 Å². The predicted molar refractivity (Wildman–Crippen MR) is 59.7 cm³/mol. The van der Waals surface area contributed by atoms with Gasteiger partial charge in [0.2, 0.25) is 5.91 Å². The highest BCUT2D eigenvalue weighted by Gasteiger charge is 2.15. The molecule has 0 fully saturated rings. The van der Waals surface area contributed by atoms with E-state index in [9.17, 15) is 9.59 Å². The summed E-state index contributed by atoms with van der Waals surface area (Å²) < 4.78 is 0. The first-order valence-electron chi connectivity index (χ1n) is 4.44. The Labute approximate surface area is 91.4 Å². The van der Waals surface area contributed by atoms with Gasteiger partial charge in [-0.1, -0.05) is 6.92 Å². The van der Waals surface area contributed by atoms with Gasteiger partial charge in [0.05, 0.1) is 5.56 Å². The zero-order valence-electron chi connectivity index (χ0n) is 8.32. The van der Waals surface area contributed by atoms with Crippen LogP contribution in [0.15, 0.2) is 11.4 Å². The summed E-state index contributed by atoms with van der Waals surface area (Å²) in [4.78, 5) is 22.4. The third-order valence-electron chi connectivity index (χ3n) is 1.97. The van der Waals surface area contributed by atoms with Gasteiger partial charge in [-0.3, -0.25) is 9.59 Å². The van der Waals surface area contributed by atoms with Crippen LogP contribution < -0.4 is 16.8 Å². The molecule has 0 saturated carbocycles. The number of nitrogens with one attached hydrogen (secondary N) is 1. The summed E-state index contributed by atoms with van der Waals surface area (Å²) in [6.45, 7) is 1.98. The molecule has 0 aromatic carbocycles. The van der Waals surface area contributed by atoms with Gasteiger partial charge in [0.1, 0.15) is 5.00 Å². The van der Waals surface area contributed by atoms with Gasteiger partial charge in [-0.05, 0) is 11.4 Å². The quantitative estimate of drug-likeness (QED) is 0.693. The molecule has 5 nitrogen and oxygen atoms in total. The monoisotopic (exact) mass is 227 g/mol. The first kappa shape index (κ1) is 11.7. The Morgan fingerprint density at radius 1 is 1.60 bits per heavy atom. The lowest BCUT2D eigenvalue weighted by Gasteiger charge is -2.08. The number of anilines is 1. The van der Waals surface area contributed by atoms with Crippen molar-refractivity contribution in [2.75, 3.05) is 11.9 Å². The Hall–Kier alpha value is -1.40. The summed E-state index contributed by atoms with van der Waals surface area (Å²) in [5.74, 6) is -1.04. The molecule has 0 bridgehead atoms. The number of primary amides is 1. The molecular formula is C9H13N3O2S. The Balaban J connectivity index is 2.76. The van der Waals surface area contributed by atoms with E-state index in [4.69, 9.17) is 11.5 Å². The van der Waals surface area contributed by atoms with E-state index >= 15 is 0 Å². The van der Waals surface area contributed by atoms with E-state index < -0.39 is 5.91 Å². The molecule has 82 valence electrons. The number of amides is 2. The van der Waals surface area contributed by atoms with E-state index in [0.717, 1.165) is 0 Å². The smallest absolute Gasteiger partial charge is 0.251 e. The molecule has 0 aliphatic heterocycles. The number of hydrogen-bond acceptors (Lipinski definition) is 4. The van der Waals surface area contributed by atoms with Crippen LogP contribution in [0.25, 0.3) is 0 Å². The number of carbonyl (C=O) groups excluding carboxylic acids is 2. The SMILES string of the molecule is CC(CN)C(=O)Nc1sccc1C(N)=O. The number of nitrogens with two attached hydrogens (primary N) is 2. The third-order valence-corrected chi connectivity index (χ3v) is 2.80. The zero-order chi connectivity index (χ0) is 11.4. The van der Waals surface area contributed by atoms with Gasteiger partial charge >= 0.3 is 0 Å². The molecule has 1 aromatic rings. The van der Waals surface area contributed by atoms with E-state index in [2.05, 4.69) is 5.32 Å². The number of hydrogen-bond donors (Lipinski definition) is 3. The second-order valence-corrected chi connectivity index (χ2v) is 4.07. The van der Waals surface area contributed by atoms with E-state index in [0.29, 0.717) is 10.6 Å². The van der Waals surface area contributed by atoms with Crippen molar-refractivity contribution in [3.63, 3.8) is 0 Å². The van der Waals surface area contributed by atoms with Crippen molar-refractivity contribution in [1.29, 1.82) is 0 Å². The maximum atomic E-state index is 11.5. The highest BCUT2D eigenvalue weighted by Crippen LogP contribution is 2.23. The van der Waals surface area contributed by atoms with E-state index in [1.54, 1.807) is 18.4 Å². The minimum absolute atomic E-state index is 0.206. The molecule has 1 aromatic heterocycles. The van der Waals surface area contributed by atoms with Crippen molar-refractivity contribution in [2.45, 2.75) is 6.92 Å². The van der Waals surface area contributed by atoms with Crippen LogP contribution in [0.5, 0.6) is 0 Å². The Morgan fingerprint density at radius 3 is 2.80 bits per heavy atom. The molecule has 15 heavy (non-hydrogen) atoms. The van der Waals surface area contributed by atoms with Crippen LogP contribution in [0.3, 0.4) is 0 Å². The number of thiophene rings is 1. The summed E-state index contributed by atoms with van der Waals surface area (Å²) >= 11 is 1.26. The molecular weight excluding hydrogens is 214 g/mol. The van der Waals surface area contributed by atoms with Crippen molar-refractivity contribution in [2.24, 2.45) is 17.4 Å². The summed E-state index contributed by atoms with van der Waals surface area (Å²) in [5.41, 5.74) is 10.8. The lowest BCUT2D eigenvalue weighted by molar-refractivity contribution is -0.119. The minimum Gasteiger partial charge on any atom is -0.366 e. The summed E-state index contributed by atoms with van der Waals surface area (Å²) in [6, 6.07) is 1.58. The molecule has 0 spiro atoms. The van der Waals surface area contributed by atoms with Crippen molar-refractivity contribution in [3.05, 3.63) is 17.0 Å². The topological polar surface area (TPSA) is 98.2 Å². The first-order chi connectivity index (χ1) is 7.06. The molecule has 1 rings (SSSR count). The van der Waals surface area contributed by atoms with E-state index in [1.165, 1.54) is 11.3 Å². The Morgan fingerprint density at radius 2 is 2.27 bits per heavy atom. The van der Waals surface area contributed by atoms with Crippen LogP contribution in [-0.4, -0.2) is 18.4 Å². The Bertz CT molecular complexity index is 375. The van der Waals surface area contributed by atoms with Crippen molar-refractivity contribution in [3.8, 4) is 0 Å². The average Bonchev–Trinajstić information content (AvgIpc) is 2.64. The first-order valence-corrected chi connectivity index (χ1v) is 5.32. The van der Waals surface area contributed by atoms with Crippen LogP contribution in [-0.2, 0) is 4.79 Å². The standard InChI is InChI=1S/C9H13N3O2S/c1-5(4-10)8(14)12-9-6(7(11)13)2-3-15-9/h2-3,5H,4,10H2,1H3,(H2,11,13)(H,12,14). The highest BCUT2D eigenvalue weighted by molar-refractivity contribution is 7.14. The molecule has 2 amide bonds. The van der Waals surface area contributed by atoms with Crippen LogP contribution in [0, 0.1) is 5.92 Å². The fourth-order valence-electron chi connectivity index (χ4n) is 0.942. The number of carbonyl (C=O) groups is 2. The van der Waals surface area contributed by atoms with Gasteiger partial charge < -0.3 is 16.8 Å². The number of rotatable bonds is 4. The molecule has 0 aliphatic rings. The molecule has 1 atom stereocenters. The second-order valence-electron chi connectivity index (χ2n) is 3.15. The van der Waals surface area contributed by atoms with Crippen LogP contribution >= 0.6 is 11.3 Å². The largest absolute Gasteiger partial charge is 0.366 e.